The highest BCUT2D eigenvalue weighted by atomic mass is 19.3. The molecule has 0 bridgehead atoms. The Morgan fingerprint density at radius 3 is 2.72 bits per heavy atom. The largest absolute Gasteiger partial charge is 0.490 e. The predicted molar refractivity (Wildman–Crippen MR) is 92.3 cm³/mol. The minimum Gasteiger partial charge on any atom is -0.490 e. The second-order valence-electron chi connectivity index (χ2n) is 5.74. The molecular weight excluding hydrogens is 328 g/mol. The maximum absolute atomic E-state index is 12.7. The number of halogens is 2. The molecule has 0 fully saturated rings. The summed E-state index contributed by atoms with van der Waals surface area (Å²) in [6, 6.07) is 7.21. The number of alkyl halides is 2. The van der Waals surface area contributed by atoms with Crippen LogP contribution in [0.25, 0.3) is 0 Å². The van der Waals surface area contributed by atoms with Crippen LogP contribution in [-0.2, 0) is 13.1 Å². The first kappa shape index (κ1) is 19.2. The van der Waals surface area contributed by atoms with Crippen molar-refractivity contribution >= 4 is 0 Å². The van der Waals surface area contributed by atoms with Crippen molar-refractivity contribution in [2.45, 2.75) is 46.9 Å². The molecule has 0 saturated heterocycles. The van der Waals surface area contributed by atoms with E-state index in [1.807, 2.05) is 24.6 Å². The van der Waals surface area contributed by atoms with Gasteiger partial charge in [-0.2, -0.15) is 13.9 Å². The third kappa shape index (κ3) is 5.70. The highest BCUT2D eigenvalue weighted by molar-refractivity contribution is 5.46. The average Bonchev–Trinajstić information content (AvgIpc) is 2.87. The Morgan fingerprint density at radius 2 is 2.08 bits per heavy atom. The molecule has 0 saturated carbocycles. The van der Waals surface area contributed by atoms with Crippen LogP contribution in [-0.4, -0.2) is 29.5 Å². The van der Waals surface area contributed by atoms with Gasteiger partial charge in [0.15, 0.2) is 11.5 Å². The van der Waals surface area contributed by atoms with E-state index in [4.69, 9.17) is 4.74 Å². The second-order valence-corrected chi connectivity index (χ2v) is 5.74. The van der Waals surface area contributed by atoms with Crippen LogP contribution >= 0.6 is 0 Å². The van der Waals surface area contributed by atoms with E-state index in [0.29, 0.717) is 24.5 Å². The number of hydrogen-bond donors (Lipinski definition) is 1. The van der Waals surface area contributed by atoms with Crippen molar-refractivity contribution in [2.75, 3.05) is 13.2 Å². The number of para-hydroxylation sites is 1. The van der Waals surface area contributed by atoms with Crippen molar-refractivity contribution in [3.63, 3.8) is 0 Å². The smallest absolute Gasteiger partial charge is 0.387 e. The minimum atomic E-state index is -2.88. The van der Waals surface area contributed by atoms with Gasteiger partial charge in [-0.15, -0.1) is 0 Å². The summed E-state index contributed by atoms with van der Waals surface area (Å²) in [4.78, 5) is 0. The number of hydrogen-bond acceptors (Lipinski definition) is 4. The number of aromatic nitrogens is 2. The maximum Gasteiger partial charge on any atom is 0.387 e. The Bertz CT molecular complexity index is 674. The summed E-state index contributed by atoms with van der Waals surface area (Å²) in [6.45, 7) is 5.29. The Balaban J connectivity index is 1.89. The van der Waals surface area contributed by atoms with Crippen molar-refractivity contribution in [3.8, 4) is 11.5 Å². The standard InChI is InChI=1S/C18H25F2N3O2/c1-4-24-16-8-5-7-15(17(16)25-18(19)20)12-21-9-6-10-23-14(3)11-13(2)22-23/h5,7-8,11,18,21H,4,6,9-10,12H2,1-3H3. The van der Waals surface area contributed by atoms with Crippen molar-refractivity contribution in [3.05, 3.63) is 41.2 Å². The van der Waals surface area contributed by atoms with Crippen molar-refractivity contribution in [2.24, 2.45) is 0 Å². The first-order chi connectivity index (χ1) is 12.0. The van der Waals surface area contributed by atoms with E-state index in [9.17, 15) is 8.78 Å². The molecule has 0 atom stereocenters. The Morgan fingerprint density at radius 1 is 1.28 bits per heavy atom. The summed E-state index contributed by atoms with van der Waals surface area (Å²) in [5, 5.41) is 7.67. The van der Waals surface area contributed by atoms with Gasteiger partial charge in [-0.25, -0.2) is 0 Å². The molecular formula is C18H25F2N3O2. The topological polar surface area (TPSA) is 48.3 Å². The van der Waals surface area contributed by atoms with Crippen LogP contribution in [0.5, 0.6) is 11.5 Å². The van der Waals surface area contributed by atoms with Crippen LogP contribution in [0, 0.1) is 13.8 Å². The molecule has 0 radical (unpaired) electrons. The van der Waals surface area contributed by atoms with Gasteiger partial charge in [0.1, 0.15) is 0 Å². The molecule has 2 aromatic rings. The summed E-state index contributed by atoms with van der Waals surface area (Å²) in [5.74, 6) is 0.440. The summed E-state index contributed by atoms with van der Waals surface area (Å²) in [7, 11) is 0. The lowest BCUT2D eigenvalue weighted by molar-refractivity contribution is -0.0521. The van der Waals surface area contributed by atoms with E-state index < -0.39 is 6.61 Å². The van der Waals surface area contributed by atoms with Gasteiger partial charge in [0.2, 0.25) is 0 Å². The SMILES string of the molecule is CCOc1cccc(CNCCCn2nc(C)cc2C)c1OC(F)F. The van der Waals surface area contributed by atoms with E-state index in [2.05, 4.69) is 15.2 Å². The molecule has 5 nitrogen and oxygen atoms in total. The fourth-order valence-electron chi connectivity index (χ4n) is 2.67. The van der Waals surface area contributed by atoms with Crippen molar-refractivity contribution in [1.29, 1.82) is 0 Å². The molecule has 0 spiro atoms. The summed E-state index contributed by atoms with van der Waals surface area (Å²) in [5.41, 5.74) is 2.79. The molecule has 1 aromatic carbocycles. The molecule has 7 heteroatoms. The number of rotatable bonds is 10. The van der Waals surface area contributed by atoms with Crippen LogP contribution in [0.1, 0.15) is 30.3 Å². The third-order valence-electron chi connectivity index (χ3n) is 3.71. The van der Waals surface area contributed by atoms with E-state index >= 15 is 0 Å². The van der Waals surface area contributed by atoms with Crippen LogP contribution in [0.2, 0.25) is 0 Å². The van der Waals surface area contributed by atoms with Gasteiger partial charge in [0, 0.05) is 24.3 Å². The molecule has 25 heavy (non-hydrogen) atoms. The van der Waals surface area contributed by atoms with Crippen molar-refractivity contribution in [1.82, 2.24) is 15.1 Å². The molecule has 1 aromatic heterocycles. The molecule has 0 aliphatic carbocycles. The van der Waals surface area contributed by atoms with Crippen molar-refractivity contribution < 1.29 is 18.3 Å². The van der Waals surface area contributed by atoms with E-state index in [-0.39, 0.29) is 5.75 Å². The zero-order valence-electron chi connectivity index (χ0n) is 14.9. The summed E-state index contributed by atoms with van der Waals surface area (Å²) >= 11 is 0. The zero-order valence-corrected chi connectivity index (χ0v) is 14.9. The highest BCUT2D eigenvalue weighted by Crippen LogP contribution is 2.32. The second kappa shape index (κ2) is 9.36. The number of ether oxygens (including phenoxy) is 2. The Labute approximate surface area is 146 Å². The van der Waals surface area contributed by atoms with Crippen LogP contribution < -0.4 is 14.8 Å². The Hall–Kier alpha value is -2.15. The number of benzene rings is 1. The monoisotopic (exact) mass is 353 g/mol. The molecule has 0 unspecified atom stereocenters. The highest BCUT2D eigenvalue weighted by Gasteiger charge is 2.15. The van der Waals surface area contributed by atoms with E-state index in [1.165, 1.54) is 0 Å². The van der Waals surface area contributed by atoms with E-state index in [1.54, 1.807) is 25.1 Å². The first-order valence-corrected chi connectivity index (χ1v) is 8.42. The average molecular weight is 353 g/mol. The van der Waals surface area contributed by atoms with E-state index in [0.717, 1.165) is 30.9 Å². The lowest BCUT2D eigenvalue weighted by Gasteiger charge is -2.15. The van der Waals surface area contributed by atoms with Gasteiger partial charge in [-0.3, -0.25) is 4.68 Å². The number of nitrogens with zero attached hydrogens (tertiary/aromatic N) is 2. The van der Waals surface area contributed by atoms with Gasteiger partial charge >= 0.3 is 6.61 Å². The predicted octanol–water partition coefficient (Wildman–Crippen LogP) is 3.68. The molecule has 138 valence electrons. The molecule has 0 aliphatic heterocycles. The first-order valence-electron chi connectivity index (χ1n) is 8.42. The van der Waals surface area contributed by atoms with Crippen LogP contribution in [0.4, 0.5) is 8.78 Å². The van der Waals surface area contributed by atoms with Gasteiger partial charge in [0.05, 0.1) is 12.3 Å². The Kier molecular flexibility index (Phi) is 7.18. The minimum absolute atomic E-state index is 0.102. The molecule has 0 amide bonds. The van der Waals surface area contributed by atoms with Gasteiger partial charge in [-0.1, -0.05) is 12.1 Å². The van der Waals surface area contributed by atoms with Gasteiger partial charge in [-0.05, 0) is 45.9 Å². The quantitative estimate of drug-likeness (QED) is 0.662. The zero-order chi connectivity index (χ0) is 18.2. The lowest BCUT2D eigenvalue weighted by Crippen LogP contribution is -2.18. The van der Waals surface area contributed by atoms with Crippen LogP contribution in [0.15, 0.2) is 24.3 Å². The molecule has 1 heterocycles. The number of aryl methyl sites for hydroxylation is 3. The molecule has 0 aliphatic rings. The fourth-order valence-corrected chi connectivity index (χ4v) is 2.67. The van der Waals surface area contributed by atoms with Gasteiger partial charge in [0.25, 0.3) is 0 Å². The normalized spacial score (nSPS) is 11.1. The van der Waals surface area contributed by atoms with Crippen LogP contribution in [0.3, 0.4) is 0 Å². The lowest BCUT2D eigenvalue weighted by atomic mass is 10.2. The molecule has 1 N–H and O–H groups in total. The summed E-state index contributed by atoms with van der Waals surface area (Å²) in [6.07, 6.45) is 0.887. The summed E-state index contributed by atoms with van der Waals surface area (Å²) < 4.78 is 37.4. The number of nitrogens with one attached hydrogen (secondary N) is 1. The maximum atomic E-state index is 12.7. The molecule has 2 rings (SSSR count). The van der Waals surface area contributed by atoms with Gasteiger partial charge < -0.3 is 14.8 Å². The fraction of sp³-hybridized carbons (Fsp3) is 0.500. The third-order valence-corrected chi connectivity index (χ3v) is 3.71.